The fourth-order valence-corrected chi connectivity index (χ4v) is 2.77. The van der Waals surface area contributed by atoms with Gasteiger partial charge < -0.3 is 19.9 Å². The molecule has 0 aliphatic carbocycles. The second-order valence-corrected chi connectivity index (χ2v) is 6.50. The lowest BCUT2D eigenvalue weighted by molar-refractivity contribution is -0.127. The minimum Gasteiger partial charge on any atom is -0.497 e. The Labute approximate surface area is 174 Å². The maximum absolute atomic E-state index is 11.8. The predicted molar refractivity (Wildman–Crippen MR) is 117 cm³/mol. The molecule has 0 atom stereocenters. The molecule has 0 aromatic heterocycles. The average molecular weight is 474 g/mol. The van der Waals surface area contributed by atoms with E-state index in [-0.39, 0.29) is 36.4 Å². The number of amides is 1. The van der Waals surface area contributed by atoms with Gasteiger partial charge in [-0.1, -0.05) is 12.1 Å². The number of ether oxygens (including phenoxy) is 1. The predicted octanol–water partition coefficient (Wildman–Crippen LogP) is 2.38. The molecule has 0 saturated carbocycles. The summed E-state index contributed by atoms with van der Waals surface area (Å²) in [5, 5.41) is 3.43. The second kappa shape index (κ2) is 12.0. The van der Waals surface area contributed by atoms with E-state index < -0.39 is 0 Å². The molecule has 1 saturated heterocycles. The molecule has 6 nitrogen and oxygen atoms in total. The summed E-state index contributed by atoms with van der Waals surface area (Å²) in [6.45, 7) is 2.99. The van der Waals surface area contributed by atoms with E-state index >= 15 is 0 Å². The van der Waals surface area contributed by atoms with Gasteiger partial charge in [0.25, 0.3) is 0 Å². The van der Waals surface area contributed by atoms with E-state index in [1.807, 2.05) is 12.1 Å². The molecule has 1 N–H and O–H groups in total. The second-order valence-electron chi connectivity index (χ2n) is 6.50. The first-order valence-corrected chi connectivity index (χ1v) is 8.96. The molecule has 1 aromatic rings. The van der Waals surface area contributed by atoms with Crippen molar-refractivity contribution in [1.82, 2.24) is 15.1 Å². The first-order valence-electron chi connectivity index (χ1n) is 8.96. The minimum atomic E-state index is 0. The van der Waals surface area contributed by atoms with E-state index in [4.69, 9.17) is 4.74 Å². The standard InChI is InChI=1S/C19H30N4O2.HI/c1-22(2)18(24)15-21-19(23-13-5-4-6-14-23)20-12-11-16-7-9-17(25-3)10-8-16;/h7-10H,4-6,11-15H2,1-3H3,(H,20,21);1H. The van der Waals surface area contributed by atoms with Crippen LogP contribution in [0.3, 0.4) is 0 Å². The number of likely N-dealkylation sites (N-methyl/N-ethyl adjacent to an activating group) is 1. The smallest absolute Gasteiger partial charge is 0.243 e. The van der Waals surface area contributed by atoms with Gasteiger partial charge >= 0.3 is 0 Å². The SMILES string of the molecule is COc1ccc(CCNC(=NCC(=O)N(C)C)N2CCCCC2)cc1.I. The zero-order valence-corrected chi connectivity index (χ0v) is 18.4. The summed E-state index contributed by atoms with van der Waals surface area (Å²) in [4.78, 5) is 20.2. The molecule has 146 valence electrons. The molecular formula is C19H31IN4O2. The van der Waals surface area contributed by atoms with Gasteiger partial charge in [0.1, 0.15) is 12.3 Å². The molecule has 1 amide bonds. The van der Waals surface area contributed by atoms with Crippen LogP contribution in [-0.4, -0.2) is 69.1 Å². The lowest BCUT2D eigenvalue weighted by Gasteiger charge is -2.30. The molecule has 0 spiro atoms. The zero-order chi connectivity index (χ0) is 18.1. The van der Waals surface area contributed by atoms with Crippen LogP contribution in [0.5, 0.6) is 5.75 Å². The van der Waals surface area contributed by atoms with Crippen molar-refractivity contribution in [2.75, 3.05) is 47.4 Å². The number of halogens is 1. The molecule has 1 heterocycles. The van der Waals surface area contributed by atoms with Crippen LogP contribution < -0.4 is 10.1 Å². The van der Waals surface area contributed by atoms with E-state index in [1.165, 1.54) is 24.8 Å². The van der Waals surface area contributed by atoms with E-state index in [2.05, 4.69) is 27.3 Å². The number of methoxy groups -OCH3 is 1. The third-order valence-corrected chi connectivity index (χ3v) is 4.37. The molecular weight excluding hydrogens is 443 g/mol. The number of guanidine groups is 1. The highest BCUT2D eigenvalue weighted by Crippen LogP contribution is 2.12. The number of piperidine rings is 1. The number of nitrogens with one attached hydrogen (secondary N) is 1. The highest BCUT2D eigenvalue weighted by atomic mass is 127. The summed E-state index contributed by atoms with van der Waals surface area (Å²) in [7, 11) is 5.19. The lowest BCUT2D eigenvalue weighted by atomic mass is 10.1. The monoisotopic (exact) mass is 474 g/mol. The lowest BCUT2D eigenvalue weighted by Crippen LogP contribution is -2.45. The van der Waals surface area contributed by atoms with Crippen LogP contribution in [0, 0.1) is 0 Å². The van der Waals surface area contributed by atoms with E-state index in [0.29, 0.717) is 0 Å². The van der Waals surface area contributed by atoms with Crippen molar-refractivity contribution >= 4 is 35.8 Å². The number of nitrogens with zero attached hydrogens (tertiary/aromatic N) is 3. The van der Waals surface area contributed by atoms with Crippen LogP contribution in [0.4, 0.5) is 0 Å². The highest BCUT2D eigenvalue weighted by Gasteiger charge is 2.15. The van der Waals surface area contributed by atoms with Gasteiger partial charge in [0.05, 0.1) is 7.11 Å². The number of benzene rings is 1. The van der Waals surface area contributed by atoms with Gasteiger partial charge in [-0.05, 0) is 43.4 Å². The van der Waals surface area contributed by atoms with Gasteiger partial charge in [-0.2, -0.15) is 0 Å². The van der Waals surface area contributed by atoms with Crippen molar-refractivity contribution in [3.63, 3.8) is 0 Å². The Hall–Kier alpha value is -1.51. The largest absolute Gasteiger partial charge is 0.497 e. The maximum Gasteiger partial charge on any atom is 0.243 e. The molecule has 1 aromatic carbocycles. The summed E-state index contributed by atoms with van der Waals surface area (Å²) in [5.74, 6) is 1.74. The summed E-state index contributed by atoms with van der Waals surface area (Å²) < 4.78 is 5.19. The highest BCUT2D eigenvalue weighted by molar-refractivity contribution is 14.0. The average Bonchev–Trinajstić information content (AvgIpc) is 2.65. The van der Waals surface area contributed by atoms with E-state index in [0.717, 1.165) is 37.8 Å². The molecule has 26 heavy (non-hydrogen) atoms. The van der Waals surface area contributed by atoms with Crippen LogP contribution >= 0.6 is 24.0 Å². The zero-order valence-electron chi connectivity index (χ0n) is 16.0. The first-order chi connectivity index (χ1) is 12.1. The Bertz CT molecular complexity index is 569. The molecule has 1 aliphatic heterocycles. The maximum atomic E-state index is 11.8. The van der Waals surface area contributed by atoms with Gasteiger partial charge in [-0.3, -0.25) is 4.79 Å². The number of likely N-dealkylation sites (tertiary alicyclic amines) is 1. The number of carbonyl (C=O) groups is 1. The Morgan fingerprint density at radius 3 is 2.42 bits per heavy atom. The summed E-state index contributed by atoms with van der Waals surface area (Å²) in [6.07, 6.45) is 4.53. The summed E-state index contributed by atoms with van der Waals surface area (Å²) >= 11 is 0. The fourth-order valence-electron chi connectivity index (χ4n) is 2.77. The van der Waals surface area contributed by atoms with E-state index in [1.54, 1.807) is 26.1 Å². The van der Waals surface area contributed by atoms with Crippen LogP contribution in [-0.2, 0) is 11.2 Å². The first kappa shape index (κ1) is 22.5. The van der Waals surface area contributed by atoms with Crippen molar-refractivity contribution in [1.29, 1.82) is 0 Å². The summed E-state index contributed by atoms with van der Waals surface area (Å²) in [5.41, 5.74) is 1.25. The van der Waals surface area contributed by atoms with Crippen LogP contribution in [0.1, 0.15) is 24.8 Å². The number of hydrogen-bond acceptors (Lipinski definition) is 3. The molecule has 0 bridgehead atoms. The minimum absolute atomic E-state index is 0. The van der Waals surface area contributed by atoms with Gasteiger partial charge in [-0.15, -0.1) is 24.0 Å². The fraction of sp³-hybridized carbons (Fsp3) is 0.579. The number of carbonyl (C=O) groups excluding carboxylic acids is 1. The van der Waals surface area contributed by atoms with Crippen LogP contribution in [0.15, 0.2) is 29.3 Å². The third-order valence-electron chi connectivity index (χ3n) is 4.37. The topological polar surface area (TPSA) is 57.2 Å². The van der Waals surface area contributed by atoms with Crippen molar-refractivity contribution in [2.45, 2.75) is 25.7 Å². The Morgan fingerprint density at radius 2 is 1.85 bits per heavy atom. The van der Waals surface area contributed by atoms with Gasteiger partial charge in [0.15, 0.2) is 5.96 Å². The number of hydrogen-bond donors (Lipinski definition) is 1. The van der Waals surface area contributed by atoms with Crippen LogP contribution in [0.2, 0.25) is 0 Å². The quantitative estimate of drug-likeness (QED) is 0.391. The molecule has 0 unspecified atom stereocenters. The molecule has 0 radical (unpaired) electrons. The van der Waals surface area contributed by atoms with Gasteiger partial charge in [0, 0.05) is 33.7 Å². The Balaban J connectivity index is 0.00000338. The van der Waals surface area contributed by atoms with Gasteiger partial charge in [-0.25, -0.2) is 4.99 Å². The molecule has 2 rings (SSSR count). The van der Waals surface area contributed by atoms with Crippen molar-refractivity contribution < 1.29 is 9.53 Å². The van der Waals surface area contributed by atoms with Crippen molar-refractivity contribution in [3.05, 3.63) is 29.8 Å². The number of aliphatic imine (C=N–C) groups is 1. The Morgan fingerprint density at radius 1 is 1.19 bits per heavy atom. The third kappa shape index (κ3) is 7.39. The van der Waals surface area contributed by atoms with Gasteiger partial charge in [0.2, 0.25) is 5.91 Å². The molecule has 1 fully saturated rings. The molecule has 1 aliphatic rings. The van der Waals surface area contributed by atoms with E-state index in [9.17, 15) is 4.79 Å². The number of rotatable bonds is 6. The van der Waals surface area contributed by atoms with Crippen molar-refractivity contribution in [3.8, 4) is 5.75 Å². The van der Waals surface area contributed by atoms with Crippen LogP contribution in [0.25, 0.3) is 0 Å². The van der Waals surface area contributed by atoms with Crippen molar-refractivity contribution in [2.24, 2.45) is 4.99 Å². The normalized spacial score (nSPS) is 14.4. The Kier molecular flexibility index (Phi) is 10.4. The summed E-state index contributed by atoms with van der Waals surface area (Å²) in [6, 6.07) is 8.11. The molecule has 7 heteroatoms.